The maximum atomic E-state index is 13.8. The molecule has 2 aromatic carbocycles. The number of pyridine rings is 1. The largest absolute Gasteiger partial charge is 0.573 e. The maximum Gasteiger partial charge on any atom is 0.573 e. The van der Waals surface area contributed by atoms with E-state index >= 15 is 0 Å². The molecular weight excluding hydrogens is 788 g/mol. The number of anilines is 1. The number of nitrogens with zero attached hydrogens (tertiary/aromatic N) is 6. The average molecular weight is 844 g/mol. The molecule has 0 radical (unpaired) electrons. The van der Waals surface area contributed by atoms with Crippen LogP contribution in [0.2, 0.25) is 0 Å². The number of aromatic nitrogens is 3. The van der Waals surface area contributed by atoms with Crippen LogP contribution in [0.1, 0.15) is 58.8 Å². The number of hydrogen-bond acceptors (Lipinski definition) is 9. The SMILES string of the molecule is CNCC(=O)N1CC(C)(C)CC1c1nc(-c2ccc(-c3ccc(-c4ccc(N5CCN(C(=O)C6CCCN6C(=O)C(NC)C(C)C)CC5)nc4)cc3OC(F)(F)F)cc2)c[nH]1. The summed E-state index contributed by atoms with van der Waals surface area (Å²) >= 11 is 0. The smallest absolute Gasteiger partial charge is 0.405 e. The van der Waals surface area contributed by atoms with Crippen molar-refractivity contribution in [2.24, 2.45) is 11.3 Å². The lowest BCUT2D eigenvalue weighted by atomic mass is 9.90. The van der Waals surface area contributed by atoms with E-state index in [4.69, 9.17) is 4.98 Å². The van der Waals surface area contributed by atoms with E-state index in [0.29, 0.717) is 79.7 Å². The van der Waals surface area contributed by atoms with Crippen molar-refractivity contribution in [3.63, 3.8) is 0 Å². The van der Waals surface area contributed by atoms with E-state index in [2.05, 4.69) is 44.1 Å². The minimum absolute atomic E-state index is 0.00405. The summed E-state index contributed by atoms with van der Waals surface area (Å²) < 4.78 is 45.9. The van der Waals surface area contributed by atoms with Crippen LogP contribution in [-0.4, -0.2) is 126 Å². The molecule has 0 bridgehead atoms. The van der Waals surface area contributed by atoms with Gasteiger partial charge in [0, 0.05) is 68.4 Å². The molecule has 3 amide bonds. The van der Waals surface area contributed by atoms with Crippen molar-refractivity contribution < 1.29 is 32.3 Å². The molecule has 0 aliphatic carbocycles. The van der Waals surface area contributed by atoms with Gasteiger partial charge in [0.15, 0.2) is 0 Å². The Kier molecular flexibility index (Phi) is 12.8. The Morgan fingerprint density at radius 2 is 1.61 bits per heavy atom. The number of H-pyrrole nitrogens is 1. The van der Waals surface area contributed by atoms with Crippen LogP contribution in [0.5, 0.6) is 5.75 Å². The number of halogens is 3. The first-order valence-corrected chi connectivity index (χ1v) is 21.0. The number of aromatic amines is 1. The first kappa shape index (κ1) is 43.6. The quantitative estimate of drug-likeness (QED) is 0.154. The van der Waals surface area contributed by atoms with Gasteiger partial charge in [0.05, 0.1) is 24.3 Å². The van der Waals surface area contributed by atoms with Gasteiger partial charge in [-0.1, -0.05) is 64.1 Å². The fourth-order valence-corrected chi connectivity index (χ4v) is 8.97. The summed E-state index contributed by atoms with van der Waals surface area (Å²) in [7, 11) is 3.51. The predicted octanol–water partition coefficient (Wildman–Crippen LogP) is 6.11. The van der Waals surface area contributed by atoms with Crippen molar-refractivity contribution >= 4 is 23.5 Å². The van der Waals surface area contributed by atoms with Gasteiger partial charge < -0.3 is 40.0 Å². The molecule has 326 valence electrons. The molecule has 4 aromatic rings. The van der Waals surface area contributed by atoms with E-state index in [9.17, 15) is 27.6 Å². The van der Waals surface area contributed by atoms with Gasteiger partial charge in [0.1, 0.15) is 23.4 Å². The van der Waals surface area contributed by atoms with Crippen LogP contribution in [0.25, 0.3) is 33.5 Å². The average Bonchev–Trinajstić information content (AvgIpc) is 4.00. The number of rotatable bonds is 12. The van der Waals surface area contributed by atoms with Gasteiger partial charge in [0.2, 0.25) is 17.7 Å². The van der Waals surface area contributed by atoms with E-state index in [1.165, 1.54) is 6.07 Å². The van der Waals surface area contributed by atoms with E-state index in [1.54, 1.807) is 67.8 Å². The maximum absolute atomic E-state index is 13.8. The number of benzene rings is 2. The number of ether oxygens (including phenoxy) is 1. The Morgan fingerprint density at radius 3 is 2.25 bits per heavy atom. The van der Waals surface area contributed by atoms with Crippen molar-refractivity contribution in [2.45, 2.75) is 71.4 Å². The molecule has 3 fully saturated rings. The molecule has 7 rings (SSSR count). The van der Waals surface area contributed by atoms with Crippen LogP contribution in [0.15, 0.2) is 67.0 Å². The number of likely N-dealkylation sites (N-methyl/N-ethyl adjacent to an activating group) is 2. The second-order valence-electron chi connectivity index (χ2n) is 17.4. The van der Waals surface area contributed by atoms with Crippen molar-refractivity contribution in [1.82, 2.24) is 40.3 Å². The number of imidazole rings is 1. The van der Waals surface area contributed by atoms with Gasteiger partial charge in [-0.2, -0.15) is 0 Å². The monoisotopic (exact) mass is 843 g/mol. The molecule has 3 aliphatic rings. The zero-order valence-corrected chi connectivity index (χ0v) is 35.7. The van der Waals surface area contributed by atoms with E-state index in [-0.39, 0.29) is 59.0 Å². The highest BCUT2D eigenvalue weighted by Gasteiger charge is 2.42. The van der Waals surface area contributed by atoms with Gasteiger partial charge in [0.25, 0.3) is 0 Å². The Labute approximate surface area is 355 Å². The summed E-state index contributed by atoms with van der Waals surface area (Å²) in [5, 5.41) is 6.04. The standard InChI is InChI=1S/C45H56F3N9O4/c1-28(2)40(50-6)43(60)56-17-7-8-35(56)42(59)55-20-18-54(19-21-55)38-16-14-32(24-51-38)31-13-15-33(37(22-31)61-45(46,47)48)29-9-11-30(12-10-29)34-25-52-41(53-34)36-23-44(3,4)27-57(36)39(58)26-49-5/h9-16,22,24-25,28,35-36,40,49-50H,7-8,17-21,23,26-27H2,1-6H3,(H,52,53). The summed E-state index contributed by atoms with van der Waals surface area (Å²) in [5.74, 6) is 1.10. The number of alkyl halides is 3. The van der Waals surface area contributed by atoms with Gasteiger partial charge in [-0.3, -0.25) is 14.4 Å². The number of nitrogens with one attached hydrogen (secondary N) is 3. The fourth-order valence-electron chi connectivity index (χ4n) is 8.97. The third-order valence-corrected chi connectivity index (χ3v) is 12.0. The van der Waals surface area contributed by atoms with Crippen molar-refractivity contribution in [2.75, 3.05) is 64.8 Å². The molecule has 61 heavy (non-hydrogen) atoms. The second kappa shape index (κ2) is 17.9. The molecule has 13 nitrogen and oxygen atoms in total. The molecule has 0 spiro atoms. The molecule has 16 heteroatoms. The molecule has 3 N–H and O–H groups in total. The molecule has 2 aromatic heterocycles. The molecule has 3 aliphatic heterocycles. The topological polar surface area (TPSA) is 139 Å². The van der Waals surface area contributed by atoms with Crippen molar-refractivity contribution in [3.8, 4) is 39.3 Å². The number of piperazine rings is 1. The van der Waals surface area contributed by atoms with Crippen LogP contribution >= 0.6 is 0 Å². The highest BCUT2D eigenvalue weighted by atomic mass is 19.4. The van der Waals surface area contributed by atoms with E-state index in [1.807, 2.05) is 35.8 Å². The highest BCUT2D eigenvalue weighted by molar-refractivity contribution is 5.90. The Bertz CT molecular complexity index is 2180. The first-order valence-electron chi connectivity index (χ1n) is 21.0. The normalized spacial score (nSPS) is 19.8. The Balaban J connectivity index is 1.02. The van der Waals surface area contributed by atoms with Crippen LogP contribution in [0.3, 0.4) is 0 Å². The number of carbonyl (C=O) groups excluding carboxylic acids is 3. The third kappa shape index (κ3) is 9.70. The zero-order valence-electron chi connectivity index (χ0n) is 35.7. The molecule has 3 saturated heterocycles. The van der Waals surface area contributed by atoms with Crippen LogP contribution in [0, 0.1) is 11.3 Å². The van der Waals surface area contributed by atoms with E-state index < -0.39 is 12.4 Å². The van der Waals surface area contributed by atoms with E-state index in [0.717, 1.165) is 18.4 Å². The molecule has 3 unspecified atom stereocenters. The molecule has 3 atom stereocenters. The van der Waals surface area contributed by atoms with Crippen LogP contribution in [0.4, 0.5) is 19.0 Å². The van der Waals surface area contributed by atoms with Gasteiger partial charge in [-0.15, -0.1) is 13.2 Å². The lowest BCUT2D eigenvalue weighted by molar-refractivity contribution is -0.274. The van der Waals surface area contributed by atoms with Gasteiger partial charge in [-0.25, -0.2) is 9.97 Å². The van der Waals surface area contributed by atoms with Crippen molar-refractivity contribution in [3.05, 3.63) is 72.8 Å². The molecule has 5 heterocycles. The number of hydrogen-bond donors (Lipinski definition) is 3. The number of carbonyl (C=O) groups is 3. The predicted molar refractivity (Wildman–Crippen MR) is 227 cm³/mol. The summed E-state index contributed by atoms with van der Waals surface area (Å²) in [6.07, 6.45) is 0.698. The van der Waals surface area contributed by atoms with Crippen molar-refractivity contribution in [1.29, 1.82) is 0 Å². The van der Waals surface area contributed by atoms with Gasteiger partial charge in [-0.05, 0) is 74.0 Å². The molecule has 0 saturated carbocycles. The fraction of sp³-hybridized carbons (Fsp3) is 0.489. The number of likely N-dealkylation sites (tertiary alicyclic amines) is 2. The summed E-state index contributed by atoms with van der Waals surface area (Å²) in [5.41, 5.74) is 3.28. The first-order chi connectivity index (χ1) is 29.1. The number of amides is 3. The Hall–Kier alpha value is -5.48. The van der Waals surface area contributed by atoms with Crippen LogP contribution in [-0.2, 0) is 14.4 Å². The molecular formula is C45H56F3N9O4. The lowest BCUT2D eigenvalue weighted by Crippen LogP contribution is -2.57. The zero-order chi connectivity index (χ0) is 43.6. The summed E-state index contributed by atoms with van der Waals surface area (Å²) in [4.78, 5) is 60.0. The third-order valence-electron chi connectivity index (χ3n) is 12.0. The summed E-state index contributed by atoms with van der Waals surface area (Å²) in [6.45, 7) is 11.8. The Morgan fingerprint density at radius 1 is 0.918 bits per heavy atom. The summed E-state index contributed by atoms with van der Waals surface area (Å²) in [6, 6.07) is 14.5. The second-order valence-corrected chi connectivity index (χ2v) is 17.4. The minimum atomic E-state index is -4.92. The highest BCUT2D eigenvalue weighted by Crippen LogP contribution is 2.43. The lowest BCUT2D eigenvalue weighted by Gasteiger charge is -2.38. The van der Waals surface area contributed by atoms with Gasteiger partial charge >= 0.3 is 6.36 Å². The minimum Gasteiger partial charge on any atom is -0.405 e. The van der Waals surface area contributed by atoms with Crippen LogP contribution < -0.4 is 20.3 Å².